The summed E-state index contributed by atoms with van der Waals surface area (Å²) in [6.07, 6.45) is 0.141. The molecule has 1 N–H and O–H groups in total. The van der Waals surface area contributed by atoms with E-state index in [4.69, 9.17) is 4.74 Å². The first-order valence-corrected chi connectivity index (χ1v) is 10.3. The molecule has 4 rings (SSSR count). The molecule has 6 nitrogen and oxygen atoms in total. The quantitative estimate of drug-likeness (QED) is 0.467. The van der Waals surface area contributed by atoms with E-state index >= 15 is 0 Å². The molecule has 1 unspecified atom stereocenters. The van der Waals surface area contributed by atoms with Gasteiger partial charge in [0.25, 0.3) is 5.91 Å². The first-order valence-electron chi connectivity index (χ1n) is 10.3. The SMILES string of the molecule is CC(CC(=O)OCC(=O)Nc1cccc2c1C(=O)c1ccccc1C2=O)c1ccccc1. The highest BCUT2D eigenvalue weighted by molar-refractivity contribution is 6.30. The lowest BCUT2D eigenvalue weighted by Gasteiger charge is -2.20. The summed E-state index contributed by atoms with van der Waals surface area (Å²) in [6, 6.07) is 20.9. The van der Waals surface area contributed by atoms with Crippen molar-refractivity contribution in [2.45, 2.75) is 19.3 Å². The summed E-state index contributed by atoms with van der Waals surface area (Å²) >= 11 is 0. The van der Waals surface area contributed by atoms with Crippen LogP contribution in [0.1, 0.15) is 56.7 Å². The van der Waals surface area contributed by atoms with Crippen LogP contribution in [0.5, 0.6) is 0 Å². The maximum absolute atomic E-state index is 13.0. The van der Waals surface area contributed by atoms with Crippen LogP contribution in [0.2, 0.25) is 0 Å². The number of fused-ring (bicyclic) bond motifs is 2. The van der Waals surface area contributed by atoms with E-state index in [1.165, 1.54) is 0 Å². The van der Waals surface area contributed by atoms with Gasteiger partial charge in [-0.3, -0.25) is 19.2 Å². The zero-order chi connectivity index (χ0) is 22.7. The third-order valence-corrected chi connectivity index (χ3v) is 5.43. The number of hydrogen-bond donors (Lipinski definition) is 1. The predicted molar refractivity (Wildman–Crippen MR) is 119 cm³/mol. The minimum atomic E-state index is -0.585. The number of anilines is 1. The van der Waals surface area contributed by atoms with Crippen LogP contribution in [0.4, 0.5) is 5.69 Å². The number of benzene rings is 3. The van der Waals surface area contributed by atoms with E-state index in [-0.39, 0.29) is 40.7 Å². The molecule has 0 saturated carbocycles. The topological polar surface area (TPSA) is 89.5 Å². The number of esters is 1. The van der Waals surface area contributed by atoms with Gasteiger partial charge < -0.3 is 10.1 Å². The van der Waals surface area contributed by atoms with Crippen LogP contribution in [-0.2, 0) is 14.3 Å². The average Bonchev–Trinajstić information content (AvgIpc) is 2.81. The molecule has 3 aromatic rings. The van der Waals surface area contributed by atoms with Gasteiger partial charge in [0.15, 0.2) is 18.2 Å². The van der Waals surface area contributed by atoms with E-state index in [9.17, 15) is 19.2 Å². The van der Waals surface area contributed by atoms with Crippen molar-refractivity contribution < 1.29 is 23.9 Å². The van der Waals surface area contributed by atoms with Crippen LogP contribution in [0, 0.1) is 0 Å². The zero-order valence-electron chi connectivity index (χ0n) is 17.5. The Labute approximate surface area is 185 Å². The van der Waals surface area contributed by atoms with Crippen molar-refractivity contribution in [1.82, 2.24) is 0 Å². The van der Waals surface area contributed by atoms with Crippen LogP contribution in [0.25, 0.3) is 0 Å². The molecule has 0 heterocycles. The van der Waals surface area contributed by atoms with Crippen LogP contribution >= 0.6 is 0 Å². The first-order chi connectivity index (χ1) is 15.5. The number of hydrogen-bond acceptors (Lipinski definition) is 5. The van der Waals surface area contributed by atoms with Crippen molar-refractivity contribution in [2.24, 2.45) is 0 Å². The molecule has 0 bridgehead atoms. The fourth-order valence-corrected chi connectivity index (χ4v) is 3.79. The summed E-state index contributed by atoms with van der Waals surface area (Å²) in [7, 11) is 0. The summed E-state index contributed by atoms with van der Waals surface area (Å²) < 4.78 is 5.11. The van der Waals surface area contributed by atoms with Crippen LogP contribution in [-0.4, -0.2) is 30.0 Å². The van der Waals surface area contributed by atoms with Gasteiger partial charge >= 0.3 is 5.97 Å². The Morgan fingerprint density at radius 2 is 1.44 bits per heavy atom. The molecule has 32 heavy (non-hydrogen) atoms. The van der Waals surface area contributed by atoms with Gasteiger partial charge in [-0.15, -0.1) is 0 Å². The summed E-state index contributed by atoms with van der Waals surface area (Å²) in [6.45, 7) is 1.43. The summed E-state index contributed by atoms with van der Waals surface area (Å²) in [5, 5.41) is 2.60. The average molecular weight is 427 g/mol. The van der Waals surface area contributed by atoms with Gasteiger partial charge in [-0.2, -0.15) is 0 Å². The maximum Gasteiger partial charge on any atom is 0.306 e. The van der Waals surface area contributed by atoms with Crippen LogP contribution < -0.4 is 5.32 Å². The van der Waals surface area contributed by atoms with Crippen molar-refractivity contribution in [3.05, 3.63) is 101 Å². The summed E-state index contributed by atoms with van der Waals surface area (Å²) in [4.78, 5) is 50.3. The second kappa shape index (κ2) is 8.98. The fraction of sp³-hybridized carbons (Fsp3) is 0.154. The number of amides is 1. The van der Waals surface area contributed by atoms with Gasteiger partial charge in [0.1, 0.15) is 0 Å². The molecule has 3 aromatic carbocycles. The normalized spacial score (nSPS) is 13.0. The van der Waals surface area contributed by atoms with E-state index in [1.54, 1.807) is 42.5 Å². The molecule has 0 radical (unpaired) electrons. The van der Waals surface area contributed by atoms with E-state index in [2.05, 4.69) is 5.32 Å². The largest absolute Gasteiger partial charge is 0.456 e. The number of rotatable bonds is 6. The van der Waals surface area contributed by atoms with Gasteiger partial charge in [-0.1, -0.05) is 73.7 Å². The first kappa shape index (κ1) is 21.2. The Bertz CT molecular complexity index is 1220. The monoisotopic (exact) mass is 427 g/mol. The van der Waals surface area contributed by atoms with Crippen LogP contribution in [0.3, 0.4) is 0 Å². The molecular weight excluding hydrogens is 406 g/mol. The van der Waals surface area contributed by atoms with Gasteiger partial charge in [-0.25, -0.2) is 0 Å². The van der Waals surface area contributed by atoms with Crippen LogP contribution in [0.15, 0.2) is 72.8 Å². The Morgan fingerprint density at radius 3 is 2.16 bits per heavy atom. The Balaban J connectivity index is 1.42. The van der Waals surface area contributed by atoms with Gasteiger partial charge in [0.2, 0.25) is 0 Å². The summed E-state index contributed by atoms with van der Waals surface area (Å²) in [5.41, 5.74) is 2.25. The van der Waals surface area contributed by atoms with E-state index in [1.807, 2.05) is 37.3 Å². The lowest BCUT2D eigenvalue weighted by atomic mass is 9.83. The second-order valence-electron chi connectivity index (χ2n) is 7.66. The van der Waals surface area contributed by atoms with Crippen molar-refractivity contribution >= 4 is 29.1 Å². The van der Waals surface area contributed by atoms with Gasteiger partial charge in [0, 0.05) is 16.7 Å². The smallest absolute Gasteiger partial charge is 0.306 e. The maximum atomic E-state index is 13.0. The lowest BCUT2D eigenvalue weighted by Crippen LogP contribution is -2.26. The third kappa shape index (κ3) is 4.21. The number of ether oxygens (including phenoxy) is 1. The molecule has 0 fully saturated rings. The van der Waals surface area contributed by atoms with E-state index < -0.39 is 18.5 Å². The second-order valence-corrected chi connectivity index (χ2v) is 7.66. The molecule has 1 amide bonds. The lowest BCUT2D eigenvalue weighted by molar-refractivity contribution is -0.147. The molecule has 1 aliphatic carbocycles. The molecule has 160 valence electrons. The molecule has 0 aromatic heterocycles. The summed E-state index contributed by atoms with van der Waals surface area (Å²) in [5.74, 6) is -1.73. The fourth-order valence-electron chi connectivity index (χ4n) is 3.79. The minimum Gasteiger partial charge on any atom is -0.456 e. The highest BCUT2D eigenvalue weighted by Crippen LogP contribution is 2.31. The molecule has 0 saturated heterocycles. The highest BCUT2D eigenvalue weighted by Gasteiger charge is 2.31. The minimum absolute atomic E-state index is 0.0448. The third-order valence-electron chi connectivity index (χ3n) is 5.43. The molecule has 0 aliphatic heterocycles. The number of carbonyl (C=O) groups is 4. The Kier molecular flexibility index (Phi) is 5.94. The number of carbonyl (C=O) groups excluding carboxylic acids is 4. The molecule has 6 heteroatoms. The van der Waals surface area contributed by atoms with Crippen molar-refractivity contribution in [2.75, 3.05) is 11.9 Å². The number of nitrogens with one attached hydrogen (secondary N) is 1. The Hall–Kier alpha value is -4.06. The number of ketones is 2. The van der Waals surface area contributed by atoms with Gasteiger partial charge in [-0.05, 0) is 17.5 Å². The molecule has 1 atom stereocenters. The predicted octanol–water partition coefficient (Wildman–Crippen LogP) is 4.14. The molecular formula is C26H21NO5. The highest BCUT2D eigenvalue weighted by atomic mass is 16.5. The van der Waals surface area contributed by atoms with Crippen molar-refractivity contribution in [3.63, 3.8) is 0 Å². The zero-order valence-corrected chi connectivity index (χ0v) is 17.5. The van der Waals surface area contributed by atoms with Gasteiger partial charge in [0.05, 0.1) is 17.7 Å². The van der Waals surface area contributed by atoms with E-state index in [0.717, 1.165) is 5.56 Å². The standard InChI is InChI=1S/C26H21NO5/c1-16(17-8-3-2-4-9-17)14-23(29)32-15-22(28)27-21-13-7-12-20-24(21)26(31)19-11-6-5-10-18(19)25(20)30/h2-13,16H,14-15H2,1H3,(H,27,28). The van der Waals surface area contributed by atoms with E-state index in [0.29, 0.717) is 11.1 Å². The molecule has 1 aliphatic rings. The Morgan fingerprint density at radius 1 is 0.812 bits per heavy atom. The van der Waals surface area contributed by atoms with Crippen molar-refractivity contribution in [1.29, 1.82) is 0 Å². The van der Waals surface area contributed by atoms with Crippen molar-refractivity contribution in [3.8, 4) is 0 Å². The molecule has 0 spiro atoms.